The fourth-order valence-electron chi connectivity index (χ4n) is 1.64. The van der Waals surface area contributed by atoms with Gasteiger partial charge in [0.15, 0.2) is 0 Å². The number of carbonyl (C=O) groups excluding carboxylic acids is 1. The summed E-state index contributed by atoms with van der Waals surface area (Å²) in [6.07, 6.45) is 3.05. The molecule has 0 aliphatic carbocycles. The summed E-state index contributed by atoms with van der Waals surface area (Å²) in [5, 5.41) is 3.21. The van der Waals surface area contributed by atoms with Gasteiger partial charge in [-0.2, -0.15) is 0 Å². The van der Waals surface area contributed by atoms with Gasteiger partial charge in [0.2, 0.25) is 0 Å². The monoisotopic (exact) mass is 242 g/mol. The van der Waals surface area contributed by atoms with Crippen molar-refractivity contribution in [1.82, 2.24) is 20.2 Å². The van der Waals surface area contributed by atoms with E-state index in [1.54, 1.807) is 6.20 Å². The second-order valence-electron chi connectivity index (χ2n) is 3.56. The number of halogens is 1. The molecule has 1 aliphatic heterocycles. The van der Waals surface area contributed by atoms with E-state index in [9.17, 15) is 4.79 Å². The molecule has 0 bridgehead atoms. The SMILES string of the molecule is Cc1ncncc1C(=O)N1CCNCC1.Cl. The largest absolute Gasteiger partial charge is 0.336 e. The normalized spacial score (nSPS) is 15.4. The Morgan fingerprint density at radius 2 is 2.12 bits per heavy atom. The van der Waals surface area contributed by atoms with E-state index in [1.807, 2.05) is 11.8 Å². The molecule has 16 heavy (non-hydrogen) atoms. The molecule has 1 fully saturated rings. The zero-order chi connectivity index (χ0) is 10.7. The summed E-state index contributed by atoms with van der Waals surface area (Å²) >= 11 is 0. The number of nitrogens with one attached hydrogen (secondary N) is 1. The van der Waals surface area contributed by atoms with Crippen molar-refractivity contribution in [3.8, 4) is 0 Å². The van der Waals surface area contributed by atoms with Crippen LogP contribution in [0.25, 0.3) is 0 Å². The predicted molar refractivity (Wildman–Crippen MR) is 62.8 cm³/mol. The predicted octanol–water partition coefficient (Wildman–Crippen LogP) is 0.252. The van der Waals surface area contributed by atoms with Crippen molar-refractivity contribution in [2.24, 2.45) is 0 Å². The minimum atomic E-state index is 0. The lowest BCUT2D eigenvalue weighted by atomic mass is 10.2. The summed E-state index contributed by atoms with van der Waals surface area (Å²) in [4.78, 5) is 21.8. The van der Waals surface area contributed by atoms with Crippen LogP contribution in [0.15, 0.2) is 12.5 Å². The van der Waals surface area contributed by atoms with Crippen LogP contribution in [0, 0.1) is 6.92 Å². The van der Waals surface area contributed by atoms with Crippen LogP contribution in [0.5, 0.6) is 0 Å². The zero-order valence-corrected chi connectivity index (χ0v) is 9.96. The first-order chi connectivity index (χ1) is 7.29. The van der Waals surface area contributed by atoms with Crippen LogP contribution in [0.2, 0.25) is 0 Å². The lowest BCUT2D eigenvalue weighted by Gasteiger charge is -2.27. The van der Waals surface area contributed by atoms with Crippen LogP contribution < -0.4 is 5.32 Å². The molecule has 1 aliphatic rings. The van der Waals surface area contributed by atoms with Crippen LogP contribution in [-0.2, 0) is 0 Å². The van der Waals surface area contributed by atoms with Crippen LogP contribution in [0.4, 0.5) is 0 Å². The average molecular weight is 243 g/mol. The number of carbonyl (C=O) groups is 1. The first-order valence-corrected chi connectivity index (χ1v) is 5.05. The lowest BCUT2D eigenvalue weighted by Crippen LogP contribution is -2.46. The Kier molecular flexibility index (Phi) is 4.64. The van der Waals surface area contributed by atoms with Gasteiger partial charge in [-0.1, -0.05) is 0 Å². The van der Waals surface area contributed by atoms with E-state index in [-0.39, 0.29) is 18.3 Å². The third-order valence-corrected chi connectivity index (χ3v) is 2.55. The van der Waals surface area contributed by atoms with Gasteiger partial charge in [0.1, 0.15) is 6.33 Å². The number of aromatic nitrogens is 2. The van der Waals surface area contributed by atoms with Gasteiger partial charge in [0.05, 0.1) is 11.3 Å². The molecule has 5 nitrogen and oxygen atoms in total. The van der Waals surface area contributed by atoms with Gasteiger partial charge in [-0.05, 0) is 6.92 Å². The first kappa shape index (κ1) is 12.9. The molecule has 1 amide bonds. The maximum atomic E-state index is 12.0. The zero-order valence-electron chi connectivity index (χ0n) is 9.14. The Morgan fingerprint density at radius 3 is 2.75 bits per heavy atom. The highest BCUT2D eigenvalue weighted by Crippen LogP contribution is 2.07. The molecule has 0 aromatic carbocycles. The molecule has 0 spiro atoms. The Balaban J connectivity index is 0.00000128. The molecule has 0 atom stereocenters. The van der Waals surface area contributed by atoms with Crippen LogP contribution in [-0.4, -0.2) is 47.0 Å². The van der Waals surface area contributed by atoms with Crippen molar-refractivity contribution in [3.63, 3.8) is 0 Å². The second kappa shape index (κ2) is 5.77. The van der Waals surface area contributed by atoms with Gasteiger partial charge in [-0.15, -0.1) is 12.4 Å². The van der Waals surface area contributed by atoms with E-state index in [4.69, 9.17) is 0 Å². The molecule has 0 radical (unpaired) electrons. The fourth-order valence-corrected chi connectivity index (χ4v) is 1.64. The van der Waals surface area contributed by atoms with Crippen LogP contribution in [0.3, 0.4) is 0 Å². The number of hydrogen-bond donors (Lipinski definition) is 1. The van der Waals surface area contributed by atoms with Crippen molar-refractivity contribution in [3.05, 3.63) is 23.8 Å². The number of rotatable bonds is 1. The molecule has 1 saturated heterocycles. The van der Waals surface area contributed by atoms with Crippen molar-refractivity contribution < 1.29 is 4.79 Å². The van der Waals surface area contributed by atoms with Gasteiger partial charge < -0.3 is 10.2 Å². The Labute approximate surface area is 101 Å². The minimum Gasteiger partial charge on any atom is -0.336 e. The summed E-state index contributed by atoms with van der Waals surface area (Å²) < 4.78 is 0. The van der Waals surface area contributed by atoms with Gasteiger partial charge in [-0.25, -0.2) is 9.97 Å². The van der Waals surface area contributed by atoms with E-state index in [2.05, 4.69) is 15.3 Å². The molecule has 1 N–H and O–H groups in total. The molecular weight excluding hydrogens is 228 g/mol. The van der Waals surface area contributed by atoms with Gasteiger partial charge in [0.25, 0.3) is 5.91 Å². The summed E-state index contributed by atoms with van der Waals surface area (Å²) in [5.41, 5.74) is 1.35. The molecule has 1 aromatic rings. The number of amides is 1. The second-order valence-corrected chi connectivity index (χ2v) is 3.56. The summed E-state index contributed by atoms with van der Waals surface area (Å²) in [6.45, 7) is 5.06. The van der Waals surface area contributed by atoms with E-state index < -0.39 is 0 Å². The topological polar surface area (TPSA) is 58.1 Å². The Hall–Kier alpha value is -1.20. The standard InChI is InChI=1S/C10H14N4O.ClH/c1-8-9(6-12-7-13-8)10(15)14-4-2-11-3-5-14;/h6-7,11H,2-5H2,1H3;1H. The van der Waals surface area contributed by atoms with Gasteiger partial charge in [-0.3, -0.25) is 4.79 Å². The van der Waals surface area contributed by atoms with E-state index >= 15 is 0 Å². The Bertz CT molecular complexity index is 366. The molecule has 2 heterocycles. The quantitative estimate of drug-likeness (QED) is 0.767. The minimum absolute atomic E-state index is 0. The Morgan fingerprint density at radius 1 is 1.44 bits per heavy atom. The molecule has 0 saturated carbocycles. The highest BCUT2D eigenvalue weighted by molar-refractivity contribution is 5.94. The molecule has 6 heteroatoms. The molecular formula is C10H15ClN4O. The molecule has 2 rings (SSSR count). The maximum absolute atomic E-state index is 12.0. The average Bonchev–Trinajstić information content (AvgIpc) is 2.30. The molecule has 88 valence electrons. The first-order valence-electron chi connectivity index (χ1n) is 5.05. The fraction of sp³-hybridized carbons (Fsp3) is 0.500. The van der Waals surface area contributed by atoms with Crippen LogP contribution >= 0.6 is 12.4 Å². The maximum Gasteiger partial charge on any atom is 0.257 e. The third-order valence-electron chi connectivity index (χ3n) is 2.55. The van der Waals surface area contributed by atoms with E-state index in [0.717, 1.165) is 31.9 Å². The molecule has 0 unspecified atom stereocenters. The van der Waals surface area contributed by atoms with Crippen molar-refractivity contribution in [1.29, 1.82) is 0 Å². The summed E-state index contributed by atoms with van der Waals surface area (Å²) in [5.74, 6) is 0.0367. The number of aryl methyl sites for hydroxylation is 1. The summed E-state index contributed by atoms with van der Waals surface area (Å²) in [6, 6.07) is 0. The highest BCUT2D eigenvalue weighted by atomic mass is 35.5. The van der Waals surface area contributed by atoms with E-state index in [0.29, 0.717) is 5.56 Å². The molecule has 1 aromatic heterocycles. The van der Waals surface area contributed by atoms with E-state index in [1.165, 1.54) is 6.33 Å². The highest BCUT2D eigenvalue weighted by Gasteiger charge is 2.19. The van der Waals surface area contributed by atoms with Gasteiger partial charge >= 0.3 is 0 Å². The number of hydrogen-bond acceptors (Lipinski definition) is 4. The third kappa shape index (κ3) is 2.68. The van der Waals surface area contributed by atoms with Crippen molar-refractivity contribution in [2.75, 3.05) is 26.2 Å². The lowest BCUT2D eigenvalue weighted by molar-refractivity contribution is 0.0734. The van der Waals surface area contributed by atoms with Crippen molar-refractivity contribution >= 4 is 18.3 Å². The smallest absolute Gasteiger partial charge is 0.257 e. The number of nitrogens with zero attached hydrogens (tertiary/aromatic N) is 3. The van der Waals surface area contributed by atoms with Crippen LogP contribution in [0.1, 0.15) is 16.1 Å². The van der Waals surface area contributed by atoms with Gasteiger partial charge in [0, 0.05) is 32.4 Å². The van der Waals surface area contributed by atoms with Crippen molar-refractivity contribution in [2.45, 2.75) is 6.92 Å². The summed E-state index contributed by atoms with van der Waals surface area (Å²) in [7, 11) is 0. The number of piperazine rings is 1.